The minimum absolute atomic E-state index is 0.200. The summed E-state index contributed by atoms with van der Waals surface area (Å²) < 4.78 is 49.7. The first kappa shape index (κ1) is 21.6. The molecule has 2 heterocycles. The van der Waals surface area contributed by atoms with Crippen LogP contribution in [0.5, 0.6) is 0 Å². The van der Waals surface area contributed by atoms with Crippen molar-refractivity contribution in [2.24, 2.45) is 0 Å². The van der Waals surface area contributed by atoms with Gasteiger partial charge in [-0.25, -0.2) is 4.98 Å². The van der Waals surface area contributed by atoms with Crippen LogP contribution in [0.25, 0.3) is 11.0 Å². The van der Waals surface area contributed by atoms with Crippen LogP contribution in [0, 0.1) is 0 Å². The molecule has 6 nitrogen and oxygen atoms in total. The fourth-order valence-corrected chi connectivity index (χ4v) is 4.00. The highest BCUT2D eigenvalue weighted by molar-refractivity contribution is 5.81. The molecule has 1 unspecified atom stereocenters. The van der Waals surface area contributed by atoms with Crippen molar-refractivity contribution in [2.75, 3.05) is 31.2 Å². The summed E-state index contributed by atoms with van der Waals surface area (Å²) >= 11 is 0. The van der Waals surface area contributed by atoms with E-state index in [-0.39, 0.29) is 18.7 Å². The number of rotatable bonds is 5. The molecule has 31 heavy (non-hydrogen) atoms. The van der Waals surface area contributed by atoms with Crippen LogP contribution in [0.1, 0.15) is 23.9 Å². The molecule has 1 aromatic heterocycles. The van der Waals surface area contributed by atoms with E-state index in [1.807, 2.05) is 12.1 Å². The number of alkyl halides is 3. The second kappa shape index (κ2) is 8.14. The molecule has 1 atom stereocenters. The third-order valence-corrected chi connectivity index (χ3v) is 5.71. The molecule has 1 aliphatic heterocycles. The highest BCUT2D eigenvalue weighted by Crippen LogP contribution is 2.45. The van der Waals surface area contributed by atoms with Crippen molar-refractivity contribution in [3.8, 4) is 0 Å². The maximum Gasteiger partial charge on any atom is 0.428 e. The molecule has 1 aliphatic rings. The first-order valence-electron chi connectivity index (χ1n) is 10.1. The number of aliphatic hydroxyl groups excluding tert-OH is 1. The highest BCUT2D eigenvalue weighted by Gasteiger charge is 2.59. The molecule has 0 radical (unpaired) electrons. The van der Waals surface area contributed by atoms with Crippen LogP contribution in [-0.4, -0.2) is 52.2 Å². The Morgan fingerprint density at radius 3 is 2.32 bits per heavy atom. The Kier molecular flexibility index (Phi) is 5.67. The first-order valence-corrected chi connectivity index (χ1v) is 10.1. The topological polar surface area (TPSA) is 70.8 Å². The second-order valence-corrected chi connectivity index (χ2v) is 7.52. The standard InChI is InChI=1S/C22H24F3N3O3/c1-2-28-19-13-17(27-9-11-31-12-10-27)7-8-18(19)26-20(28)21(30,22(23,24)25)16-5-3-15(14-29)4-6-16/h3-8,13,29-30H,2,9-12,14H2,1H3. The molecule has 3 aromatic rings. The van der Waals surface area contributed by atoms with E-state index in [1.54, 1.807) is 13.0 Å². The summed E-state index contributed by atoms with van der Waals surface area (Å²) in [5, 5.41) is 20.3. The van der Waals surface area contributed by atoms with E-state index in [0.29, 0.717) is 42.9 Å². The molecule has 2 aromatic carbocycles. The molecule has 0 spiro atoms. The summed E-state index contributed by atoms with van der Waals surface area (Å²) in [7, 11) is 0. The number of nitrogens with zero attached hydrogens (tertiary/aromatic N) is 3. The van der Waals surface area contributed by atoms with Crippen molar-refractivity contribution in [3.05, 3.63) is 59.4 Å². The van der Waals surface area contributed by atoms with Crippen LogP contribution < -0.4 is 4.90 Å². The van der Waals surface area contributed by atoms with E-state index in [0.717, 1.165) is 5.69 Å². The van der Waals surface area contributed by atoms with Gasteiger partial charge in [-0.2, -0.15) is 13.2 Å². The van der Waals surface area contributed by atoms with Gasteiger partial charge in [0.15, 0.2) is 5.82 Å². The minimum Gasteiger partial charge on any atom is -0.392 e. The molecule has 0 aliphatic carbocycles. The molecule has 0 saturated carbocycles. The average molecular weight is 435 g/mol. The summed E-state index contributed by atoms with van der Waals surface area (Å²) in [5.74, 6) is -0.478. The average Bonchev–Trinajstić information content (AvgIpc) is 3.16. The summed E-state index contributed by atoms with van der Waals surface area (Å²) in [4.78, 5) is 6.34. The van der Waals surface area contributed by atoms with Crippen molar-refractivity contribution in [2.45, 2.75) is 31.9 Å². The van der Waals surface area contributed by atoms with Crippen LogP contribution >= 0.6 is 0 Å². The van der Waals surface area contributed by atoms with Crippen LogP contribution in [0.15, 0.2) is 42.5 Å². The van der Waals surface area contributed by atoms with Gasteiger partial charge in [-0.15, -0.1) is 0 Å². The minimum atomic E-state index is -5.00. The fourth-order valence-electron chi connectivity index (χ4n) is 4.00. The lowest BCUT2D eigenvalue weighted by Gasteiger charge is -2.31. The molecule has 1 fully saturated rings. The molecule has 9 heteroatoms. The number of fused-ring (bicyclic) bond motifs is 1. The van der Waals surface area contributed by atoms with E-state index in [9.17, 15) is 23.4 Å². The maximum atomic E-state index is 14.3. The summed E-state index contributed by atoms with van der Waals surface area (Å²) in [5.41, 5.74) is -1.42. The van der Waals surface area contributed by atoms with Crippen LogP contribution in [0.3, 0.4) is 0 Å². The smallest absolute Gasteiger partial charge is 0.392 e. The van der Waals surface area contributed by atoms with Gasteiger partial charge >= 0.3 is 6.18 Å². The van der Waals surface area contributed by atoms with Crippen molar-refractivity contribution in [3.63, 3.8) is 0 Å². The predicted molar refractivity (Wildman–Crippen MR) is 110 cm³/mol. The maximum absolute atomic E-state index is 14.3. The lowest BCUT2D eigenvalue weighted by Crippen LogP contribution is -2.45. The Morgan fingerprint density at radius 2 is 1.74 bits per heavy atom. The van der Waals surface area contributed by atoms with Gasteiger partial charge in [-0.3, -0.25) is 0 Å². The molecule has 0 bridgehead atoms. The van der Waals surface area contributed by atoms with Crippen molar-refractivity contribution in [1.29, 1.82) is 0 Å². The van der Waals surface area contributed by atoms with Gasteiger partial charge in [0, 0.05) is 30.9 Å². The lowest BCUT2D eigenvalue weighted by atomic mass is 9.91. The summed E-state index contributed by atoms with van der Waals surface area (Å²) in [6.45, 7) is 4.19. The second-order valence-electron chi connectivity index (χ2n) is 7.52. The van der Waals surface area contributed by atoms with E-state index in [4.69, 9.17) is 4.74 Å². The number of benzene rings is 2. The number of morpholine rings is 1. The van der Waals surface area contributed by atoms with Crippen molar-refractivity contribution < 1.29 is 28.1 Å². The van der Waals surface area contributed by atoms with Gasteiger partial charge in [-0.05, 0) is 30.7 Å². The normalized spacial score (nSPS) is 17.2. The number of hydrogen-bond acceptors (Lipinski definition) is 5. The van der Waals surface area contributed by atoms with Gasteiger partial charge in [0.05, 0.1) is 30.9 Å². The number of anilines is 1. The summed E-state index contributed by atoms with van der Waals surface area (Å²) in [6, 6.07) is 10.4. The number of imidazole rings is 1. The van der Waals surface area contributed by atoms with Crippen LogP contribution in [0.4, 0.5) is 18.9 Å². The highest BCUT2D eigenvalue weighted by atomic mass is 19.4. The van der Waals surface area contributed by atoms with Crippen LogP contribution in [0.2, 0.25) is 0 Å². The molecule has 2 N–H and O–H groups in total. The number of ether oxygens (including phenoxy) is 1. The Bertz CT molecular complexity index is 1060. The zero-order valence-electron chi connectivity index (χ0n) is 17.1. The Hall–Kier alpha value is -2.62. The molecule has 0 amide bonds. The third-order valence-electron chi connectivity index (χ3n) is 5.71. The van der Waals surface area contributed by atoms with Crippen LogP contribution in [-0.2, 0) is 23.5 Å². The number of aryl methyl sites for hydroxylation is 1. The SMILES string of the molecule is CCn1c(C(O)(c2ccc(CO)cc2)C(F)(F)F)nc2ccc(N3CCOCC3)cc21. The fraction of sp³-hybridized carbons (Fsp3) is 0.409. The third kappa shape index (κ3) is 3.66. The molecule has 166 valence electrons. The largest absolute Gasteiger partial charge is 0.428 e. The predicted octanol–water partition coefficient (Wildman–Crippen LogP) is 3.18. The van der Waals surface area contributed by atoms with Gasteiger partial charge in [0.2, 0.25) is 5.60 Å². The molecule has 1 saturated heterocycles. The summed E-state index contributed by atoms with van der Waals surface area (Å²) in [6.07, 6.45) is -5.00. The van der Waals surface area contributed by atoms with Crippen molar-refractivity contribution in [1.82, 2.24) is 9.55 Å². The number of halogens is 3. The van der Waals surface area contributed by atoms with Gasteiger partial charge in [-0.1, -0.05) is 24.3 Å². The van der Waals surface area contributed by atoms with E-state index < -0.39 is 17.6 Å². The monoisotopic (exact) mass is 435 g/mol. The Morgan fingerprint density at radius 1 is 1.06 bits per heavy atom. The lowest BCUT2D eigenvalue weighted by molar-refractivity contribution is -0.252. The van der Waals surface area contributed by atoms with Crippen molar-refractivity contribution >= 4 is 16.7 Å². The number of hydrogen-bond donors (Lipinski definition) is 2. The molecular formula is C22H24F3N3O3. The quantitative estimate of drug-likeness (QED) is 0.644. The van der Waals surface area contributed by atoms with Gasteiger partial charge in [0.25, 0.3) is 0 Å². The first-order chi connectivity index (χ1) is 14.8. The number of aromatic nitrogens is 2. The number of aliphatic hydroxyl groups is 2. The Balaban J connectivity index is 1.88. The van der Waals surface area contributed by atoms with E-state index >= 15 is 0 Å². The Labute approximate surface area is 177 Å². The van der Waals surface area contributed by atoms with E-state index in [2.05, 4.69) is 9.88 Å². The molecule has 4 rings (SSSR count). The van der Waals surface area contributed by atoms with Gasteiger partial charge < -0.3 is 24.4 Å². The zero-order valence-corrected chi connectivity index (χ0v) is 17.1. The van der Waals surface area contributed by atoms with E-state index in [1.165, 1.54) is 28.8 Å². The molecular weight excluding hydrogens is 411 g/mol. The van der Waals surface area contributed by atoms with Gasteiger partial charge in [0.1, 0.15) is 0 Å². The zero-order chi connectivity index (χ0) is 22.2.